The highest BCUT2D eigenvalue weighted by Crippen LogP contribution is 2.42. The zero-order valence-electron chi connectivity index (χ0n) is 25.9. The van der Waals surface area contributed by atoms with E-state index in [0.717, 1.165) is 56.4 Å². The van der Waals surface area contributed by atoms with Crippen molar-refractivity contribution in [3.63, 3.8) is 0 Å². The summed E-state index contributed by atoms with van der Waals surface area (Å²) in [4.78, 5) is 28.4. The average Bonchev–Trinajstić information content (AvgIpc) is 3.48. The Morgan fingerprint density at radius 3 is 2.40 bits per heavy atom. The number of nitrogens with zero attached hydrogens (tertiary/aromatic N) is 5. The van der Waals surface area contributed by atoms with Gasteiger partial charge in [-0.05, 0) is 66.8 Å². The van der Waals surface area contributed by atoms with E-state index < -0.39 is 23.4 Å². The second kappa shape index (κ2) is 14.3. The third-order valence-corrected chi connectivity index (χ3v) is 8.13. The molecular formula is C31H46F2N6O3. The van der Waals surface area contributed by atoms with Crippen LogP contribution in [-0.2, 0) is 6.54 Å². The number of halogens is 2. The van der Waals surface area contributed by atoms with Crippen LogP contribution in [0, 0.1) is 11.6 Å². The molecule has 1 N–H and O–H groups in total. The summed E-state index contributed by atoms with van der Waals surface area (Å²) in [5.41, 5.74) is 0.126. The Balaban J connectivity index is 1.53. The molecule has 1 fully saturated rings. The van der Waals surface area contributed by atoms with Crippen molar-refractivity contribution in [1.29, 1.82) is 0 Å². The Hall–Kier alpha value is -3.21. The molecule has 1 aliphatic heterocycles. The van der Waals surface area contributed by atoms with E-state index in [-0.39, 0.29) is 30.7 Å². The molecule has 0 spiro atoms. The molecule has 1 aliphatic carbocycles. The second-order valence-corrected chi connectivity index (χ2v) is 11.6. The molecule has 0 saturated heterocycles. The number of carbonyl (C=O) groups is 1. The van der Waals surface area contributed by atoms with Crippen LogP contribution >= 0.6 is 0 Å². The normalized spacial score (nSPS) is 15.7. The van der Waals surface area contributed by atoms with Gasteiger partial charge in [0, 0.05) is 42.5 Å². The van der Waals surface area contributed by atoms with E-state index in [1.807, 2.05) is 0 Å². The number of rotatable bonds is 14. The van der Waals surface area contributed by atoms with Gasteiger partial charge in [-0.3, -0.25) is 14.7 Å². The van der Waals surface area contributed by atoms with E-state index >= 15 is 8.78 Å². The van der Waals surface area contributed by atoms with E-state index in [0.29, 0.717) is 36.0 Å². The van der Waals surface area contributed by atoms with Crippen LogP contribution in [0.2, 0.25) is 0 Å². The Bertz CT molecular complexity index is 1210. The molecule has 2 heterocycles. The number of fused-ring (bicyclic) bond motifs is 1. The third kappa shape index (κ3) is 6.88. The third-order valence-electron chi connectivity index (χ3n) is 8.13. The average molecular weight is 589 g/mol. The minimum absolute atomic E-state index is 0.0769. The van der Waals surface area contributed by atoms with E-state index in [1.165, 1.54) is 13.2 Å². The van der Waals surface area contributed by atoms with Crippen molar-refractivity contribution in [3.8, 4) is 11.5 Å². The number of amides is 2. The number of ether oxygens (including phenoxy) is 2. The van der Waals surface area contributed by atoms with Gasteiger partial charge < -0.3 is 14.8 Å². The van der Waals surface area contributed by atoms with E-state index in [9.17, 15) is 4.79 Å². The zero-order chi connectivity index (χ0) is 30.4. The van der Waals surface area contributed by atoms with Crippen molar-refractivity contribution in [3.05, 3.63) is 29.5 Å². The lowest BCUT2D eigenvalue weighted by Crippen LogP contribution is -2.52. The van der Waals surface area contributed by atoms with Crippen molar-refractivity contribution in [1.82, 2.24) is 14.9 Å². The number of urea groups is 1. The van der Waals surface area contributed by atoms with Gasteiger partial charge in [-0.25, -0.2) is 18.6 Å². The van der Waals surface area contributed by atoms with Crippen LogP contribution in [0.4, 0.5) is 31.0 Å². The van der Waals surface area contributed by atoms with Gasteiger partial charge in [0.1, 0.15) is 11.5 Å². The summed E-state index contributed by atoms with van der Waals surface area (Å²) >= 11 is 0. The highest BCUT2D eigenvalue weighted by Gasteiger charge is 2.41. The number of hydrogen-bond acceptors (Lipinski definition) is 7. The first-order valence-electron chi connectivity index (χ1n) is 15.3. The number of unbranched alkanes of at least 4 members (excludes halogenated alkanes) is 2. The summed E-state index contributed by atoms with van der Waals surface area (Å²) < 4.78 is 41.7. The Morgan fingerprint density at radius 1 is 1.07 bits per heavy atom. The summed E-state index contributed by atoms with van der Waals surface area (Å²) in [6.45, 7) is 12.5. The number of carbonyl (C=O) groups excluding carboxylic acids is 1. The number of hydrogen-bond donors (Lipinski definition) is 1. The molecule has 0 unspecified atom stereocenters. The largest absolute Gasteiger partial charge is 0.493 e. The fraction of sp³-hybridized carbons (Fsp3) is 0.645. The molecule has 0 radical (unpaired) electrons. The van der Waals surface area contributed by atoms with Crippen LogP contribution in [-0.4, -0.2) is 65.8 Å². The molecule has 9 nitrogen and oxygen atoms in total. The van der Waals surface area contributed by atoms with E-state index in [1.54, 1.807) is 18.0 Å². The fourth-order valence-electron chi connectivity index (χ4n) is 6.06. The summed E-state index contributed by atoms with van der Waals surface area (Å²) in [5.74, 6) is -1.32. The summed E-state index contributed by atoms with van der Waals surface area (Å²) in [7, 11) is 1.29. The molecule has 2 aromatic rings. The monoisotopic (exact) mass is 588 g/mol. The lowest BCUT2D eigenvalue weighted by atomic mass is 10.1. The second-order valence-electron chi connectivity index (χ2n) is 11.6. The Kier molecular flexibility index (Phi) is 10.8. The number of methoxy groups -OCH3 is 1. The number of anilines is 3. The van der Waals surface area contributed by atoms with Crippen LogP contribution in [0.3, 0.4) is 0 Å². The summed E-state index contributed by atoms with van der Waals surface area (Å²) in [6, 6.07) is 1.58. The van der Waals surface area contributed by atoms with Crippen molar-refractivity contribution >= 4 is 23.5 Å². The van der Waals surface area contributed by atoms with E-state index in [4.69, 9.17) is 14.5 Å². The van der Waals surface area contributed by atoms with Gasteiger partial charge in [0.2, 0.25) is 5.95 Å². The highest BCUT2D eigenvalue weighted by atomic mass is 19.1. The van der Waals surface area contributed by atoms with Gasteiger partial charge in [0.15, 0.2) is 23.1 Å². The summed E-state index contributed by atoms with van der Waals surface area (Å²) in [6.07, 6.45) is 8.35. The lowest BCUT2D eigenvalue weighted by molar-refractivity contribution is 0.171. The first-order valence-corrected chi connectivity index (χ1v) is 15.3. The molecule has 2 aliphatic rings. The van der Waals surface area contributed by atoms with Crippen molar-refractivity contribution < 1.29 is 23.0 Å². The van der Waals surface area contributed by atoms with Crippen LogP contribution in [0.25, 0.3) is 0 Å². The van der Waals surface area contributed by atoms with Gasteiger partial charge in [0.05, 0.1) is 20.3 Å². The van der Waals surface area contributed by atoms with Gasteiger partial charge >= 0.3 is 6.03 Å². The van der Waals surface area contributed by atoms with Crippen LogP contribution in [0.1, 0.15) is 85.1 Å². The molecule has 1 saturated carbocycles. The van der Waals surface area contributed by atoms with Crippen molar-refractivity contribution in [2.45, 2.75) is 104 Å². The quantitative estimate of drug-likeness (QED) is 0.244. The fourth-order valence-corrected chi connectivity index (χ4v) is 6.06. The number of benzene rings is 1. The molecule has 42 heavy (non-hydrogen) atoms. The predicted molar refractivity (Wildman–Crippen MR) is 162 cm³/mol. The smallest absolute Gasteiger partial charge is 0.330 e. The van der Waals surface area contributed by atoms with Crippen molar-refractivity contribution in [2.24, 2.45) is 0 Å². The van der Waals surface area contributed by atoms with Gasteiger partial charge in [-0.1, -0.05) is 19.3 Å². The summed E-state index contributed by atoms with van der Waals surface area (Å²) in [5, 5.41) is 3.31. The molecule has 1 aromatic heterocycles. The molecule has 2 amide bonds. The maximum atomic E-state index is 15.6. The Labute approximate surface area is 248 Å². The topological polar surface area (TPSA) is 83.1 Å². The lowest BCUT2D eigenvalue weighted by Gasteiger charge is -2.39. The predicted octanol–water partition coefficient (Wildman–Crippen LogP) is 6.75. The minimum atomic E-state index is -0.953. The highest BCUT2D eigenvalue weighted by molar-refractivity contribution is 6.06. The standard InChI is InChI=1S/C31H46F2N6O3/c1-7-42-25-17-24(41-6)26(32)28(27(25)33)38-19-22-18-35-30(34-15-11-8-12-16-37(20(2)3)21(4)5)36-29(22)39(31(38)40)23-13-9-10-14-23/h17-18,20-21,23H,7-16,19H2,1-6H3,(H,34,35,36). The maximum absolute atomic E-state index is 15.6. The number of aromatic nitrogens is 2. The molecule has 232 valence electrons. The maximum Gasteiger partial charge on any atom is 0.330 e. The van der Waals surface area contributed by atoms with Crippen LogP contribution < -0.4 is 24.6 Å². The Morgan fingerprint density at radius 2 is 1.76 bits per heavy atom. The van der Waals surface area contributed by atoms with Gasteiger partial charge in [-0.2, -0.15) is 4.98 Å². The molecular weight excluding hydrogens is 542 g/mol. The first-order chi connectivity index (χ1) is 20.2. The minimum Gasteiger partial charge on any atom is -0.493 e. The molecule has 0 bridgehead atoms. The number of nitrogens with one attached hydrogen (secondary N) is 1. The first kappa shape index (κ1) is 31.7. The molecule has 4 rings (SSSR count). The van der Waals surface area contributed by atoms with Crippen LogP contribution in [0.5, 0.6) is 11.5 Å². The molecule has 1 aromatic carbocycles. The van der Waals surface area contributed by atoms with Crippen LogP contribution in [0.15, 0.2) is 12.3 Å². The van der Waals surface area contributed by atoms with E-state index in [2.05, 4.69) is 42.9 Å². The van der Waals surface area contributed by atoms with Gasteiger partial charge in [0.25, 0.3) is 0 Å². The SMILES string of the molecule is CCOc1cc(OC)c(F)c(N2Cc3cnc(NCCCCCN(C(C)C)C(C)C)nc3N(C3CCCC3)C2=O)c1F. The van der Waals surface area contributed by atoms with Crippen molar-refractivity contribution in [2.75, 3.05) is 41.9 Å². The molecule has 0 atom stereocenters. The zero-order valence-corrected chi connectivity index (χ0v) is 25.9. The van der Waals surface area contributed by atoms with Gasteiger partial charge in [-0.15, -0.1) is 0 Å². The molecule has 11 heteroatoms.